The second-order valence-corrected chi connectivity index (χ2v) is 5.80. The number of ether oxygens (including phenoxy) is 1. The van der Waals surface area contributed by atoms with Crippen molar-refractivity contribution in [2.45, 2.75) is 44.9 Å². The van der Waals surface area contributed by atoms with E-state index in [1.165, 1.54) is 6.42 Å². The van der Waals surface area contributed by atoms with Crippen LogP contribution in [0.2, 0.25) is 0 Å². The number of likely N-dealkylation sites (tertiary alicyclic amines) is 1. The number of nitrogens with zero attached hydrogens (tertiary/aromatic N) is 1. The van der Waals surface area contributed by atoms with E-state index >= 15 is 0 Å². The summed E-state index contributed by atoms with van der Waals surface area (Å²) in [6.45, 7) is 1.66. The van der Waals surface area contributed by atoms with Crippen LogP contribution in [0.4, 0.5) is 0 Å². The number of hydrogen-bond acceptors (Lipinski definition) is 4. The van der Waals surface area contributed by atoms with Crippen molar-refractivity contribution in [3.05, 3.63) is 0 Å². The van der Waals surface area contributed by atoms with E-state index in [2.05, 4.69) is 5.32 Å². The Morgan fingerprint density at radius 1 is 1.14 bits per heavy atom. The number of carbonyl (C=O) groups excluding carboxylic acids is 3. The van der Waals surface area contributed by atoms with Crippen LogP contribution >= 0.6 is 0 Å². The monoisotopic (exact) mass is 296 g/mol. The average molecular weight is 296 g/mol. The van der Waals surface area contributed by atoms with Crippen molar-refractivity contribution in [1.29, 1.82) is 0 Å². The zero-order valence-electron chi connectivity index (χ0n) is 12.4. The number of hydrogen-bond donors (Lipinski definition) is 1. The highest BCUT2D eigenvalue weighted by Crippen LogP contribution is 2.13. The Balaban J connectivity index is 1.72. The summed E-state index contributed by atoms with van der Waals surface area (Å²) in [4.78, 5) is 36.8. The van der Waals surface area contributed by atoms with Crippen LogP contribution in [-0.4, -0.2) is 48.9 Å². The Kier molecular flexibility index (Phi) is 6.02. The Morgan fingerprint density at radius 2 is 1.81 bits per heavy atom. The van der Waals surface area contributed by atoms with E-state index in [4.69, 9.17) is 4.74 Å². The third-order valence-electron chi connectivity index (χ3n) is 4.15. The summed E-state index contributed by atoms with van der Waals surface area (Å²) >= 11 is 0. The number of carbonyl (C=O) groups is 3. The molecule has 0 saturated carbocycles. The fraction of sp³-hybridized carbons (Fsp3) is 0.800. The molecule has 0 aromatic heterocycles. The van der Waals surface area contributed by atoms with Gasteiger partial charge < -0.3 is 15.0 Å². The summed E-state index contributed by atoms with van der Waals surface area (Å²) in [6.07, 6.45) is 6.45. The van der Waals surface area contributed by atoms with Gasteiger partial charge in [-0.1, -0.05) is 19.3 Å². The third kappa shape index (κ3) is 5.02. The molecule has 21 heavy (non-hydrogen) atoms. The minimum Gasteiger partial charge on any atom is -0.455 e. The number of piperidine rings is 1. The van der Waals surface area contributed by atoms with Crippen LogP contribution in [0, 0.1) is 5.92 Å². The maximum absolute atomic E-state index is 12.1. The number of esters is 1. The van der Waals surface area contributed by atoms with Gasteiger partial charge in [0, 0.05) is 26.1 Å². The molecule has 6 heteroatoms. The first-order valence-corrected chi connectivity index (χ1v) is 7.88. The highest BCUT2D eigenvalue weighted by molar-refractivity contribution is 5.83. The molecule has 1 atom stereocenters. The van der Waals surface area contributed by atoms with Crippen LogP contribution in [-0.2, 0) is 19.1 Å². The van der Waals surface area contributed by atoms with Crippen LogP contribution in [0.1, 0.15) is 44.9 Å². The number of amides is 2. The minimum absolute atomic E-state index is 0.0317. The fourth-order valence-corrected chi connectivity index (χ4v) is 2.77. The van der Waals surface area contributed by atoms with Gasteiger partial charge in [-0.2, -0.15) is 0 Å². The van der Waals surface area contributed by atoms with Crippen LogP contribution in [0.25, 0.3) is 0 Å². The predicted octanol–water partition coefficient (Wildman–Crippen LogP) is 0.848. The summed E-state index contributed by atoms with van der Waals surface area (Å²) in [6, 6.07) is 0. The zero-order valence-corrected chi connectivity index (χ0v) is 12.4. The molecule has 2 heterocycles. The van der Waals surface area contributed by atoms with Crippen LogP contribution < -0.4 is 5.32 Å². The number of nitrogens with one attached hydrogen (secondary N) is 1. The molecule has 2 aliphatic heterocycles. The third-order valence-corrected chi connectivity index (χ3v) is 4.15. The molecule has 2 rings (SSSR count). The highest BCUT2D eigenvalue weighted by atomic mass is 16.5. The summed E-state index contributed by atoms with van der Waals surface area (Å²) < 4.78 is 5.12. The van der Waals surface area contributed by atoms with Crippen LogP contribution in [0.15, 0.2) is 0 Å². The largest absolute Gasteiger partial charge is 0.455 e. The van der Waals surface area contributed by atoms with Gasteiger partial charge in [-0.3, -0.25) is 14.4 Å². The van der Waals surface area contributed by atoms with Gasteiger partial charge in [-0.05, 0) is 19.3 Å². The van der Waals surface area contributed by atoms with Gasteiger partial charge in [0.25, 0.3) is 5.91 Å². The molecule has 0 aromatic carbocycles. The average Bonchev–Trinajstić information content (AvgIpc) is 2.45. The topological polar surface area (TPSA) is 75.7 Å². The molecule has 1 N–H and O–H groups in total. The molecule has 118 valence electrons. The lowest BCUT2D eigenvalue weighted by Crippen LogP contribution is -2.41. The Morgan fingerprint density at radius 3 is 2.43 bits per heavy atom. The summed E-state index contributed by atoms with van der Waals surface area (Å²) in [5, 5.41) is 2.64. The van der Waals surface area contributed by atoms with Gasteiger partial charge in [0.15, 0.2) is 6.61 Å². The predicted molar refractivity (Wildman–Crippen MR) is 76.4 cm³/mol. The number of rotatable bonds is 3. The second kappa shape index (κ2) is 8.00. The van der Waals surface area contributed by atoms with Crippen molar-refractivity contribution in [3.8, 4) is 0 Å². The summed E-state index contributed by atoms with van der Waals surface area (Å²) in [7, 11) is 0. The molecular formula is C15H24N2O4. The van der Waals surface area contributed by atoms with Gasteiger partial charge >= 0.3 is 5.97 Å². The van der Waals surface area contributed by atoms with Crippen molar-refractivity contribution < 1.29 is 19.1 Å². The first-order chi connectivity index (χ1) is 10.2. The van der Waals surface area contributed by atoms with Crippen molar-refractivity contribution in [2.24, 2.45) is 5.92 Å². The molecule has 2 amide bonds. The van der Waals surface area contributed by atoms with Crippen molar-refractivity contribution in [3.63, 3.8) is 0 Å². The lowest BCUT2D eigenvalue weighted by Gasteiger charge is -2.25. The van der Waals surface area contributed by atoms with Crippen LogP contribution in [0.5, 0.6) is 0 Å². The minimum atomic E-state index is -0.379. The first kappa shape index (κ1) is 15.8. The standard InChI is InChI=1S/C15H24N2O4/c18-13-7-6-12(10-16-13)15(20)21-11-14(19)17-8-4-2-1-3-5-9-17/h12H,1-11H2,(H,16,18)/t12-/m1/s1. The van der Waals surface area contributed by atoms with Gasteiger partial charge in [0.05, 0.1) is 5.92 Å². The molecule has 0 aliphatic carbocycles. The van der Waals surface area contributed by atoms with Crippen LogP contribution in [0.3, 0.4) is 0 Å². The lowest BCUT2D eigenvalue weighted by molar-refractivity contribution is -0.156. The van der Waals surface area contributed by atoms with E-state index in [-0.39, 0.29) is 30.3 Å². The summed E-state index contributed by atoms with van der Waals surface area (Å²) in [5.74, 6) is -0.834. The maximum atomic E-state index is 12.1. The maximum Gasteiger partial charge on any atom is 0.311 e. The molecule has 2 fully saturated rings. The lowest BCUT2D eigenvalue weighted by atomic mass is 10.00. The smallest absolute Gasteiger partial charge is 0.311 e. The van der Waals surface area contributed by atoms with Crippen molar-refractivity contribution >= 4 is 17.8 Å². The van der Waals surface area contributed by atoms with Gasteiger partial charge in [-0.25, -0.2) is 0 Å². The quantitative estimate of drug-likeness (QED) is 0.783. The molecule has 6 nitrogen and oxygen atoms in total. The normalized spacial score (nSPS) is 23.7. The van der Waals surface area contributed by atoms with E-state index in [1.807, 2.05) is 0 Å². The van der Waals surface area contributed by atoms with Gasteiger partial charge in [-0.15, -0.1) is 0 Å². The van der Waals surface area contributed by atoms with E-state index in [1.54, 1.807) is 4.90 Å². The molecule has 0 bridgehead atoms. The summed E-state index contributed by atoms with van der Waals surface area (Å²) in [5.41, 5.74) is 0. The highest BCUT2D eigenvalue weighted by Gasteiger charge is 2.26. The van der Waals surface area contributed by atoms with Crippen molar-refractivity contribution in [2.75, 3.05) is 26.2 Å². The molecular weight excluding hydrogens is 272 g/mol. The van der Waals surface area contributed by atoms with E-state index in [0.717, 1.165) is 38.8 Å². The molecule has 0 radical (unpaired) electrons. The van der Waals surface area contributed by atoms with Gasteiger partial charge in [0.2, 0.25) is 5.91 Å². The van der Waals surface area contributed by atoms with Gasteiger partial charge in [0.1, 0.15) is 0 Å². The van der Waals surface area contributed by atoms with E-state index < -0.39 is 0 Å². The second-order valence-electron chi connectivity index (χ2n) is 5.80. The van der Waals surface area contributed by atoms with Crippen molar-refractivity contribution in [1.82, 2.24) is 10.2 Å². The Bertz CT molecular complexity index is 379. The SMILES string of the molecule is O=C1CC[C@@H](C(=O)OCC(=O)N2CCCCCCC2)CN1. The molecule has 0 unspecified atom stereocenters. The zero-order chi connectivity index (χ0) is 15.1. The molecule has 0 aromatic rings. The Hall–Kier alpha value is -1.59. The fourth-order valence-electron chi connectivity index (χ4n) is 2.77. The first-order valence-electron chi connectivity index (χ1n) is 7.88. The molecule has 2 saturated heterocycles. The van der Waals surface area contributed by atoms with E-state index in [9.17, 15) is 14.4 Å². The Labute approximate surface area is 125 Å². The molecule has 2 aliphatic rings. The molecule has 0 spiro atoms. The van der Waals surface area contributed by atoms with E-state index in [0.29, 0.717) is 19.4 Å².